The fraction of sp³-hybridized carbons (Fsp3) is 0.0189. The Balaban J connectivity index is 1.25. The van der Waals surface area contributed by atoms with Gasteiger partial charge in [-0.05, 0) is 111 Å². The molecule has 11 rings (SSSR count). The molecule has 0 spiro atoms. The van der Waals surface area contributed by atoms with Gasteiger partial charge in [-0.1, -0.05) is 194 Å². The van der Waals surface area contributed by atoms with E-state index in [1.807, 2.05) is 0 Å². The molecule has 53 heavy (non-hydrogen) atoms. The van der Waals surface area contributed by atoms with Gasteiger partial charge in [0.25, 0.3) is 0 Å². The standard InChI is InChI=1S/C53H34/c1-3-18-40(19-4-1)53(41-20-5-2-6-21-41)49-34-39(30-31-43(49)48-32-29-36-16-9-10-22-42(36)52(48)53)51-46-25-13-11-23-44(46)50(45-24-12-14-26-47(45)51)38-28-27-35-15-7-8-17-37(35)33-38/h1-34H. The van der Waals surface area contributed by atoms with Crippen LogP contribution >= 0.6 is 0 Å². The summed E-state index contributed by atoms with van der Waals surface area (Å²) in [6.07, 6.45) is 0. The molecule has 0 saturated heterocycles. The smallest absolute Gasteiger partial charge is 0.0622 e. The Morgan fingerprint density at radius 3 is 1.32 bits per heavy atom. The quantitative estimate of drug-likeness (QED) is 0.164. The van der Waals surface area contributed by atoms with Gasteiger partial charge in [-0.15, -0.1) is 0 Å². The van der Waals surface area contributed by atoms with Crippen molar-refractivity contribution in [1.82, 2.24) is 0 Å². The predicted octanol–water partition coefficient (Wildman–Crippen LogP) is 14.0. The lowest BCUT2D eigenvalue weighted by molar-refractivity contribution is 0.776. The molecule has 0 aliphatic heterocycles. The van der Waals surface area contributed by atoms with Gasteiger partial charge in [0.05, 0.1) is 5.41 Å². The van der Waals surface area contributed by atoms with E-state index in [1.54, 1.807) is 0 Å². The predicted molar refractivity (Wildman–Crippen MR) is 225 cm³/mol. The Bertz CT molecular complexity index is 2950. The summed E-state index contributed by atoms with van der Waals surface area (Å²) in [6, 6.07) is 76.7. The Hall–Kier alpha value is -6.76. The van der Waals surface area contributed by atoms with Gasteiger partial charge in [0.1, 0.15) is 0 Å². The van der Waals surface area contributed by atoms with Gasteiger partial charge in [-0.3, -0.25) is 0 Å². The van der Waals surface area contributed by atoms with Gasteiger partial charge < -0.3 is 0 Å². The van der Waals surface area contributed by atoms with Crippen LogP contribution in [0.3, 0.4) is 0 Å². The van der Waals surface area contributed by atoms with Crippen molar-refractivity contribution in [2.24, 2.45) is 0 Å². The van der Waals surface area contributed by atoms with E-state index in [4.69, 9.17) is 0 Å². The highest BCUT2D eigenvalue weighted by molar-refractivity contribution is 6.22. The first-order chi connectivity index (χ1) is 26.3. The molecule has 10 aromatic rings. The van der Waals surface area contributed by atoms with E-state index in [0.29, 0.717) is 0 Å². The highest BCUT2D eigenvalue weighted by atomic mass is 14.5. The summed E-state index contributed by atoms with van der Waals surface area (Å²) in [4.78, 5) is 0. The van der Waals surface area contributed by atoms with Crippen LogP contribution in [-0.2, 0) is 5.41 Å². The van der Waals surface area contributed by atoms with E-state index in [-0.39, 0.29) is 0 Å². The second-order valence-corrected chi connectivity index (χ2v) is 14.4. The third-order valence-electron chi connectivity index (χ3n) is 11.7. The van der Waals surface area contributed by atoms with Gasteiger partial charge in [-0.2, -0.15) is 0 Å². The molecule has 0 aromatic heterocycles. The maximum absolute atomic E-state index is 2.52. The first-order valence-electron chi connectivity index (χ1n) is 18.5. The first-order valence-corrected chi connectivity index (χ1v) is 18.5. The molecule has 0 N–H and O–H groups in total. The van der Waals surface area contributed by atoms with Crippen LogP contribution in [0.1, 0.15) is 22.3 Å². The van der Waals surface area contributed by atoms with Crippen LogP contribution in [-0.4, -0.2) is 0 Å². The minimum atomic E-state index is -0.513. The molecule has 246 valence electrons. The van der Waals surface area contributed by atoms with Crippen molar-refractivity contribution in [3.63, 3.8) is 0 Å². The van der Waals surface area contributed by atoms with Crippen molar-refractivity contribution in [2.45, 2.75) is 5.41 Å². The van der Waals surface area contributed by atoms with E-state index in [9.17, 15) is 0 Å². The topological polar surface area (TPSA) is 0 Å². The summed E-state index contributed by atoms with van der Waals surface area (Å²) in [6.45, 7) is 0. The Kier molecular flexibility index (Phi) is 6.57. The van der Waals surface area contributed by atoms with Crippen LogP contribution in [0, 0.1) is 0 Å². The Morgan fingerprint density at radius 1 is 0.283 bits per heavy atom. The lowest BCUT2D eigenvalue weighted by atomic mass is 9.66. The zero-order valence-electron chi connectivity index (χ0n) is 29.1. The second kappa shape index (κ2) is 11.6. The van der Waals surface area contributed by atoms with Gasteiger partial charge in [0, 0.05) is 0 Å². The average molecular weight is 671 g/mol. The van der Waals surface area contributed by atoms with Crippen molar-refractivity contribution in [1.29, 1.82) is 0 Å². The molecule has 0 radical (unpaired) electrons. The fourth-order valence-corrected chi connectivity index (χ4v) is 9.52. The van der Waals surface area contributed by atoms with Crippen molar-refractivity contribution < 1.29 is 0 Å². The largest absolute Gasteiger partial charge is 0.0719 e. The summed E-state index contributed by atoms with van der Waals surface area (Å²) >= 11 is 0. The van der Waals surface area contributed by atoms with E-state index >= 15 is 0 Å². The van der Waals surface area contributed by atoms with Crippen LogP contribution < -0.4 is 0 Å². The normalized spacial score (nSPS) is 13.1. The summed E-state index contributed by atoms with van der Waals surface area (Å²) in [5.41, 5.74) is 12.4. The molecule has 1 aliphatic rings. The van der Waals surface area contributed by atoms with E-state index in [2.05, 4.69) is 206 Å². The van der Waals surface area contributed by atoms with E-state index in [1.165, 1.54) is 98.7 Å². The Morgan fingerprint density at radius 2 is 0.717 bits per heavy atom. The number of hydrogen-bond acceptors (Lipinski definition) is 0. The summed E-state index contributed by atoms with van der Waals surface area (Å²) < 4.78 is 0. The molecule has 10 aromatic carbocycles. The molecule has 0 bridgehead atoms. The number of fused-ring (bicyclic) bond motifs is 8. The minimum absolute atomic E-state index is 0.513. The number of rotatable bonds is 4. The summed E-state index contributed by atoms with van der Waals surface area (Å²) in [7, 11) is 0. The molecule has 0 unspecified atom stereocenters. The third kappa shape index (κ3) is 4.30. The molecule has 0 atom stereocenters. The molecular weight excluding hydrogens is 637 g/mol. The molecule has 0 saturated carbocycles. The van der Waals surface area contributed by atoms with Crippen LogP contribution in [0.4, 0.5) is 0 Å². The average Bonchev–Trinajstić information content (AvgIpc) is 3.54. The monoisotopic (exact) mass is 670 g/mol. The van der Waals surface area contributed by atoms with Crippen molar-refractivity contribution in [3.05, 3.63) is 229 Å². The van der Waals surface area contributed by atoms with Crippen molar-refractivity contribution in [2.75, 3.05) is 0 Å². The third-order valence-corrected chi connectivity index (χ3v) is 11.7. The number of hydrogen-bond donors (Lipinski definition) is 0. The van der Waals surface area contributed by atoms with Crippen molar-refractivity contribution >= 4 is 43.1 Å². The fourth-order valence-electron chi connectivity index (χ4n) is 9.52. The lowest BCUT2D eigenvalue weighted by Crippen LogP contribution is -2.28. The molecule has 0 heterocycles. The van der Waals surface area contributed by atoms with Crippen LogP contribution in [0.5, 0.6) is 0 Å². The lowest BCUT2D eigenvalue weighted by Gasteiger charge is -2.35. The van der Waals surface area contributed by atoms with Gasteiger partial charge >= 0.3 is 0 Å². The summed E-state index contributed by atoms with van der Waals surface area (Å²) in [5, 5.41) is 10.1. The van der Waals surface area contributed by atoms with E-state index < -0.39 is 5.41 Å². The summed E-state index contributed by atoms with van der Waals surface area (Å²) in [5.74, 6) is 0. The zero-order valence-corrected chi connectivity index (χ0v) is 29.1. The van der Waals surface area contributed by atoms with Crippen molar-refractivity contribution in [3.8, 4) is 33.4 Å². The van der Waals surface area contributed by atoms with Gasteiger partial charge in [0.15, 0.2) is 0 Å². The highest BCUT2D eigenvalue weighted by Crippen LogP contribution is 2.59. The van der Waals surface area contributed by atoms with Crippen LogP contribution in [0.2, 0.25) is 0 Å². The zero-order chi connectivity index (χ0) is 34.9. The first kappa shape index (κ1) is 29.9. The molecule has 1 aliphatic carbocycles. The van der Waals surface area contributed by atoms with Crippen LogP contribution in [0.15, 0.2) is 206 Å². The molecule has 0 heteroatoms. The van der Waals surface area contributed by atoms with Gasteiger partial charge in [-0.25, -0.2) is 0 Å². The maximum atomic E-state index is 2.52. The highest BCUT2D eigenvalue weighted by Gasteiger charge is 2.47. The van der Waals surface area contributed by atoms with Crippen LogP contribution in [0.25, 0.3) is 76.5 Å². The SMILES string of the molecule is c1ccc(C2(c3ccccc3)c3cc(-c4c5ccccc5c(-c5ccc6ccccc6c5)c5ccccc45)ccc3-c3ccc4ccccc4c32)cc1. The molecular formula is C53H34. The minimum Gasteiger partial charge on any atom is -0.0622 e. The maximum Gasteiger partial charge on any atom is 0.0719 e. The Labute approximate surface area is 309 Å². The molecule has 0 nitrogen and oxygen atoms in total. The molecule has 0 amide bonds. The number of benzene rings is 10. The van der Waals surface area contributed by atoms with E-state index in [0.717, 1.165) is 0 Å². The second-order valence-electron chi connectivity index (χ2n) is 14.4. The molecule has 0 fully saturated rings. The van der Waals surface area contributed by atoms with Gasteiger partial charge in [0.2, 0.25) is 0 Å².